The zero-order valence-electron chi connectivity index (χ0n) is 6.83. The number of carbonyl (C=O) groups is 1. The van der Waals surface area contributed by atoms with Gasteiger partial charge < -0.3 is 5.11 Å². The first-order valence-corrected chi connectivity index (χ1v) is 4.77. The summed E-state index contributed by atoms with van der Waals surface area (Å²) >= 11 is 3.40. The fraction of sp³-hybridized carbons (Fsp3) is 0.222. The van der Waals surface area contributed by atoms with Crippen LogP contribution in [0.5, 0.6) is 0 Å². The molecule has 0 unspecified atom stereocenters. The third-order valence-corrected chi connectivity index (χ3v) is 2.94. The summed E-state index contributed by atoms with van der Waals surface area (Å²) in [6.45, 7) is 0.563. The average Bonchev–Trinajstić information content (AvgIpc) is 2.48. The number of anilines is 1. The van der Waals surface area contributed by atoms with E-state index < -0.39 is 6.09 Å². The highest BCUT2D eigenvalue weighted by atomic mass is 79.9. The molecular weight excluding hydrogens is 234 g/mol. The minimum atomic E-state index is -0.878. The van der Waals surface area contributed by atoms with E-state index in [0.29, 0.717) is 6.54 Å². The van der Waals surface area contributed by atoms with E-state index in [9.17, 15) is 4.79 Å². The van der Waals surface area contributed by atoms with Crippen LogP contribution in [0.15, 0.2) is 22.7 Å². The minimum absolute atomic E-state index is 0.563. The zero-order chi connectivity index (χ0) is 9.42. The zero-order valence-corrected chi connectivity index (χ0v) is 8.41. The maximum Gasteiger partial charge on any atom is 0.411 e. The third-order valence-electron chi connectivity index (χ3n) is 2.20. The van der Waals surface area contributed by atoms with E-state index in [1.54, 1.807) is 0 Å². The van der Waals surface area contributed by atoms with E-state index in [1.165, 1.54) is 4.90 Å². The highest BCUT2D eigenvalue weighted by molar-refractivity contribution is 9.10. The normalized spacial score (nSPS) is 14.4. The molecule has 4 heteroatoms. The van der Waals surface area contributed by atoms with Crippen molar-refractivity contribution >= 4 is 27.7 Å². The van der Waals surface area contributed by atoms with Crippen LogP contribution in [-0.4, -0.2) is 17.7 Å². The lowest BCUT2D eigenvalue weighted by atomic mass is 10.2. The second kappa shape index (κ2) is 3.03. The van der Waals surface area contributed by atoms with Crippen molar-refractivity contribution in [3.8, 4) is 0 Å². The van der Waals surface area contributed by atoms with Gasteiger partial charge >= 0.3 is 6.09 Å². The van der Waals surface area contributed by atoms with Crippen molar-refractivity contribution in [3.05, 3.63) is 28.2 Å². The van der Waals surface area contributed by atoms with Crippen LogP contribution in [0.2, 0.25) is 0 Å². The molecule has 1 aromatic rings. The Labute approximate surface area is 84.1 Å². The van der Waals surface area contributed by atoms with Crippen LogP contribution in [0, 0.1) is 0 Å². The Morgan fingerprint density at radius 3 is 3.00 bits per heavy atom. The SMILES string of the molecule is O=C(O)N1CCc2c(Br)cccc21. The van der Waals surface area contributed by atoms with Gasteiger partial charge in [-0.25, -0.2) is 4.79 Å². The molecule has 3 nitrogen and oxygen atoms in total. The van der Waals surface area contributed by atoms with E-state index in [1.807, 2.05) is 18.2 Å². The van der Waals surface area contributed by atoms with Crippen molar-refractivity contribution in [2.75, 3.05) is 11.4 Å². The molecule has 0 aliphatic carbocycles. The van der Waals surface area contributed by atoms with Gasteiger partial charge in [-0.2, -0.15) is 0 Å². The van der Waals surface area contributed by atoms with Crippen LogP contribution in [-0.2, 0) is 6.42 Å². The van der Waals surface area contributed by atoms with E-state index in [2.05, 4.69) is 15.9 Å². The first kappa shape index (κ1) is 8.56. The maximum atomic E-state index is 10.8. The summed E-state index contributed by atoms with van der Waals surface area (Å²) in [5, 5.41) is 8.86. The smallest absolute Gasteiger partial charge is 0.411 e. The first-order chi connectivity index (χ1) is 6.20. The minimum Gasteiger partial charge on any atom is -0.465 e. The number of hydrogen-bond donors (Lipinski definition) is 1. The van der Waals surface area contributed by atoms with Gasteiger partial charge in [-0.3, -0.25) is 4.90 Å². The summed E-state index contributed by atoms with van der Waals surface area (Å²) in [4.78, 5) is 12.2. The molecule has 0 fully saturated rings. The van der Waals surface area contributed by atoms with Gasteiger partial charge in [-0.15, -0.1) is 0 Å². The molecule has 0 saturated heterocycles. The number of rotatable bonds is 0. The molecule has 0 atom stereocenters. The van der Waals surface area contributed by atoms with E-state index >= 15 is 0 Å². The van der Waals surface area contributed by atoms with Gasteiger partial charge in [0.1, 0.15) is 0 Å². The Morgan fingerprint density at radius 1 is 1.54 bits per heavy atom. The molecule has 1 aromatic carbocycles. The topological polar surface area (TPSA) is 40.5 Å². The number of nitrogens with zero attached hydrogens (tertiary/aromatic N) is 1. The molecule has 0 radical (unpaired) electrons. The third kappa shape index (κ3) is 1.31. The molecule has 1 aliphatic rings. The lowest BCUT2D eigenvalue weighted by Crippen LogP contribution is -2.26. The van der Waals surface area contributed by atoms with Crippen molar-refractivity contribution < 1.29 is 9.90 Å². The van der Waals surface area contributed by atoms with Gasteiger partial charge in [0.15, 0.2) is 0 Å². The van der Waals surface area contributed by atoms with Crippen LogP contribution >= 0.6 is 15.9 Å². The Hall–Kier alpha value is -1.03. The molecule has 1 N–H and O–H groups in total. The largest absolute Gasteiger partial charge is 0.465 e. The van der Waals surface area contributed by atoms with Crippen LogP contribution in [0.25, 0.3) is 0 Å². The van der Waals surface area contributed by atoms with Crippen molar-refractivity contribution in [1.82, 2.24) is 0 Å². The quantitative estimate of drug-likeness (QED) is 0.759. The summed E-state index contributed by atoms with van der Waals surface area (Å²) in [6, 6.07) is 5.62. The van der Waals surface area contributed by atoms with Crippen molar-refractivity contribution in [3.63, 3.8) is 0 Å². The second-order valence-corrected chi connectivity index (χ2v) is 3.78. The molecule has 0 spiro atoms. The molecule has 0 aromatic heterocycles. The Balaban J connectivity index is 2.49. The van der Waals surface area contributed by atoms with Gasteiger partial charge in [0.25, 0.3) is 0 Å². The molecular formula is C9H8BrNO2. The monoisotopic (exact) mass is 241 g/mol. The highest BCUT2D eigenvalue weighted by Crippen LogP contribution is 2.33. The summed E-state index contributed by atoms with van der Waals surface area (Å²) in [5.74, 6) is 0. The number of fused-ring (bicyclic) bond motifs is 1. The number of carboxylic acid groups (broad SMARTS) is 1. The molecule has 1 heterocycles. The summed E-state index contributed by atoms with van der Waals surface area (Å²) in [6.07, 6.45) is -0.0832. The summed E-state index contributed by atoms with van der Waals surface area (Å²) < 4.78 is 0.994. The van der Waals surface area contributed by atoms with Crippen molar-refractivity contribution in [2.24, 2.45) is 0 Å². The van der Waals surface area contributed by atoms with Crippen LogP contribution in [0.1, 0.15) is 5.56 Å². The summed E-state index contributed by atoms with van der Waals surface area (Å²) in [5.41, 5.74) is 1.90. The van der Waals surface area contributed by atoms with Gasteiger partial charge in [0.2, 0.25) is 0 Å². The Kier molecular flexibility index (Phi) is 2.00. The fourth-order valence-electron chi connectivity index (χ4n) is 1.59. The van der Waals surface area contributed by atoms with Crippen LogP contribution in [0.4, 0.5) is 10.5 Å². The number of benzene rings is 1. The standard InChI is InChI=1S/C9H8BrNO2/c10-7-2-1-3-8-6(7)4-5-11(8)9(12)13/h1-3H,4-5H2,(H,12,13). The highest BCUT2D eigenvalue weighted by Gasteiger charge is 2.25. The number of hydrogen-bond acceptors (Lipinski definition) is 1. The van der Waals surface area contributed by atoms with Gasteiger partial charge in [-0.1, -0.05) is 22.0 Å². The Morgan fingerprint density at radius 2 is 2.31 bits per heavy atom. The lowest BCUT2D eigenvalue weighted by molar-refractivity contribution is 0.202. The van der Waals surface area contributed by atoms with Gasteiger partial charge in [-0.05, 0) is 24.1 Å². The molecule has 0 saturated carbocycles. The average molecular weight is 242 g/mol. The molecule has 13 heavy (non-hydrogen) atoms. The van der Waals surface area contributed by atoms with Crippen molar-refractivity contribution in [2.45, 2.75) is 6.42 Å². The predicted molar refractivity (Wildman–Crippen MR) is 53.2 cm³/mol. The van der Waals surface area contributed by atoms with Crippen LogP contribution < -0.4 is 4.90 Å². The van der Waals surface area contributed by atoms with E-state index in [0.717, 1.165) is 22.1 Å². The molecule has 2 rings (SSSR count). The van der Waals surface area contributed by atoms with Gasteiger partial charge in [0.05, 0.1) is 5.69 Å². The summed E-state index contributed by atoms with van der Waals surface area (Å²) in [7, 11) is 0. The second-order valence-electron chi connectivity index (χ2n) is 2.92. The molecule has 68 valence electrons. The van der Waals surface area contributed by atoms with E-state index in [4.69, 9.17) is 5.11 Å². The predicted octanol–water partition coefficient (Wildman–Crippen LogP) is 2.49. The first-order valence-electron chi connectivity index (χ1n) is 3.98. The van der Waals surface area contributed by atoms with Crippen molar-refractivity contribution in [1.29, 1.82) is 0 Å². The molecule has 1 aliphatic heterocycles. The fourth-order valence-corrected chi connectivity index (χ4v) is 2.14. The van der Waals surface area contributed by atoms with Crippen LogP contribution in [0.3, 0.4) is 0 Å². The number of halogens is 1. The van der Waals surface area contributed by atoms with Gasteiger partial charge in [0, 0.05) is 11.0 Å². The Bertz CT molecular complexity index is 365. The molecule has 0 bridgehead atoms. The van der Waals surface area contributed by atoms with E-state index in [-0.39, 0.29) is 0 Å². The lowest BCUT2D eigenvalue weighted by Gasteiger charge is -2.12. The number of amides is 1. The maximum absolute atomic E-state index is 10.8. The molecule has 1 amide bonds.